The first-order chi connectivity index (χ1) is 14.6. The van der Waals surface area contributed by atoms with Crippen molar-refractivity contribution < 1.29 is 22.7 Å². The number of carbonyl (C=O) groups is 2. The van der Waals surface area contributed by atoms with Crippen molar-refractivity contribution in [2.24, 2.45) is 0 Å². The summed E-state index contributed by atoms with van der Waals surface area (Å²) < 4.78 is 29.6. The highest BCUT2D eigenvalue weighted by Gasteiger charge is 2.29. The smallest absolute Gasteiger partial charge is 0.331 e. The molecule has 31 heavy (non-hydrogen) atoms. The monoisotopic (exact) mass is 465 g/mol. The number of rotatable bonds is 7. The highest BCUT2D eigenvalue weighted by atomic mass is 35.5. The van der Waals surface area contributed by atoms with Crippen molar-refractivity contribution in [1.29, 1.82) is 0 Å². The summed E-state index contributed by atoms with van der Waals surface area (Å²) in [6.07, 6.45) is 3.22. The van der Waals surface area contributed by atoms with E-state index in [0.29, 0.717) is 18.0 Å². The van der Waals surface area contributed by atoms with E-state index in [0.717, 1.165) is 22.5 Å². The lowest BCUT2D eigenvalue weighted by Crippen LogP contribution is -2.38. The number of nitrogens with one attached hydrogen (secondary N) is 1. The van der Waals surface area contributed by atoms with Gasteiger partial charge in [0.15, 0.2) is 16.4 Å². The van der Waals surface area contributed by atoms with Crippen LogP contribution in [0.3, 0.4) is 0 Å². The molecule has 1 N–H and O–H groups in total. The summed E-state index contributed by atoms with van der Waals surface area (Å²) >= 11 is 6.22. The average Bonchev–Trinajstić information content (AvgIpc) is 3.18. The first-order valence-corrected chi connectivity index (χ1v) is 12.0. The van der Waals surface area contributed by atoms with Gasteiger partial charge in [-0.2, -0.15) is 5.10 Å². The average molecular weight is 466 g/mol. The molecule has 1 aromatic heterocycles. The Morgan fingerprint density at radius 1 is 1.32 bits per heavy atom. The van der Waals surface area contributed by atoms with Crippen LogP contribution >= 0.6 is 11.6 Å². The number of hydrogen-bond acceptors (Lipinski definition) is 6. The molecule has 0 saturated carbocycles. The van der Waals surface area contributed by atoms with Crippen molar-refractivity contribution in [3.8, 4) is 0 Å². The molecule has 2 aromatic rings. The van der Waals surface area contributed by atoms with Gasteiger partial charge in [0.05, 0.1) is 23.7 Å². The second-order valence-electron chi connectivity index (χ2n) is 7.44. The normalized spacial score (nSPS) is 17.7. The molecule has 0 unspecified atom stereocenters. The lowest BCUT2D eigenvalue weighted by molar-refractivity contribution is -0.143. The van der Waals surface area contributed by atoms with Crippen LogP contribution < -0.4 is 5.32 Å². The Morgan fingerprint density at radius 2 is 2.06 bits per heavy atom. The molecule has 1 fully saturated rings. The molecular weight excluding hydrogens is 442 g/mol. The van der Waals surface area contributed by atoms with E-state index in [9.17, 15) is 18.0 Å². The maximum atomic E-state index is 12.0. The Labute approximate surface area is 186 Å². The Balaban J connectivity index is 1.55. The molecule has 0 spiro atoms. The summed E-state index contributed by atoms with van der Waals surface area (Å²) in [7, 11) is -3.09. The molecule has 3 rings (SSSR count). The molecule has 1 aromatic carbocycles. The summed E-state index contributed by atoms with van der Waals surface area (Å²) in [5, 5.41) is 7.74. The number of amides is 1. The fourth-order valence-corrected chi connectivity index (χ4v) is 5.28. The van der Waals surface area contributed by atoms with Crippen LogP contribution in [0.2, 0.25) is 5.02 Å². The number of carbonyl (C=O) groups excluding carboxylic acids is 2. The van der Waals surface area contributed by atoms with Crippen LogP contribution in [-0.4, -0.2) is 54.2 Å². The molecule has 166 valence electrons. The van der Waals surface area contributed by atoms with Gasteiger partial charge < -0.3 is 10.1 Å². The molecule has 1 aliphatic rings. The highest BCUT2D eigenvalue weighted by Crippen LogP contribution is 2.20. The zero-order chi connectivity index (χ0) is 22.6. The maximum absolute atomic E-state index is 12.0. The van der Waals surface area contributed by atoms with E-state index in [-0.39, 0.29) is 11.5 Å². The third-order valence-electron chi connectivity index (χ3n) is 5.04. The standard InChI is InChI=1S/C21H24ClN3O5S/c1-14-18(15(2)25(24-14)11-16-5-3-4-6-19(16)22)7-8-21(27)30-12-20(26)23-17-9-10-31(28,29)13-17/h3-8,17H,9-13H2,1-2H3,(H,23,26)/b8-7+/t17-/m1/s1. The number of hydrogen-bond donors (Lipinski definition) is 1. The summed E-state index contributed by atoms with van der Waals surface area (Å²) in [5.74, 6) is -1.22. The SMILES string of the molecule is Cc1nn(Cc2ccccc2Cl)c(C)c1/C=C/C(=O)OCC(=O)N[C@@H]1CCS(=O)(=O)C1. The molecule has 8 nitrogen and oxygen atoms in total. The number of aryl methyl sites for hydroxylation is 1. The van der Waals surface area contributed by atoms with Gasteiger partial charge in [0, 0.05) is 28.4 Å². The van der Waals surface area contributed by atoms with Crippen LogP contribution in [0.15, 0.2) is 30.3 Å². The lowest BCUT2D eigenvalue weighted by atomic mass is 10.1. The van der Waals surface area contributed by atoms with Crippen molar-refractivity contribution in [2.45, 2.75) is 32.9 Å². The Hall–Kier alpha value is -2.65. The first-order valence-electron chi connectivity index (χ1n) is 9.76. The quantitative estimate of drug-likeness (QED) is 0.495. The molecule has 2 heterocycles. The van der Waals surface area contributed by atoms with E-state index in [1.54, 1.807) is 6.08 Å². The number of sulfone groups is 1. The summed E-state index contributed by atoms with van der Waals surface area (Å²) in [6.45, 7) is 3.76. The molecule has 0 radical (unpaired) electrons. The van der Waals surface area contributed by atoms with Crippen LogP contribution in [-0.2, 0) is 30.7 Å². The lowest BCUT2D eigenvalue weighted by Gasteiger charge is -2.10. The molecule has 0 aliphatic carbocycles. The molecule has 0 bridgehead atoms. The fourth-order valence-electron chi connectivity index (χ4n) is 3.41. The minimum atomic E-state index is -3.09. The van der Waals surface area contributed by atoms with Crippen molar-refractivity contribution in [2.75, 3.05) is 18.1 Å². The third-order valence-corrected chi connectivity index (χ3v) is 7.18. The van der Waals surface area contributed by atoms with E-state index in [1.807, 2.05) is 42.8 Å². The van der Waals surface area contributed by atoms with Gasteiger partial charge in [-0.3, -0.25) is 9.48 Å². The van der Waals surface area contributed by atoms with Crippen LogP contribution in [0.1, 0.15) is 28.9 Å². The van der Waals surface area contributed by atoms with Gasteiger partial charge in [-0.1, -0.05) is 29.8 Å². The van der Waals surface area contributed by atoms with Gasteiger partial charge in [-0.15, -0.1) is 0 Å². The summed E-state index contributed by atoms with van der Waals surface area (Å²) in [6, 6.07) is 7.09. The number of esters is 1. The van der Waals surface area contributed by atoms with Crippen molar-refractivity contribution in [1.82, 2.24) is 15.1 Å². The second-order valence-corrected chi connectivity index (χ2v) is 10.1. The molecule has 1 atom stereocenters. The molecule has 1 amide bonds. The van der Waals surface area contributed by atoms with E-state index < -0.39 is 34.4 Å². The van der Waals surface area contributed by atoms with E-state index in [4.69, 9.17) is 16.3 Å². The number of benzene rings is 1. The fraction of sp³-hybridized carbons (Fsp3) is 0.381. The van der Waals surface area contributed by atoms with E-state index in [2.05, 4.69) is 10.4 Å². The molecule has 1 aliphatic heterocycles. The minimum Gasteiger partial charge on any atom is -0.452 e. The van der Waals surface area contributed by atoms with Gasteiger partial charge in [0.2, 0.25) is 0 Å². The Morgan fingerprint density at radius 3 is 2.74 bits per heavy atom. The van der Waals surface area contributed by atoms with Crippen LogP contribution in [0, 0.1) is 13.8 Å². The zero-order valence-electron chi connectivity index (χ0n) is 17.3. The zero-order valence-corrected chi connectivity index (χ0v) is 18.9. The van der Waals surface area contributed by atoms with Gasteiger partial charge in [0.25, 0.3) is 5.91 Å². The van der Waals surface area contributed by atoms with Crippen LogP contribution in [0.5, 0.6) is 0 Å². The van der Waals surface area contributed by atoms with Crippen molar-refractivity contribution in [3.05, 3.63) is 57.9 Å². The summed E-state index contributed by atoms with van der Waals surface area (Å²) in [4.78, 5) is 23.9. The Kier molecular flexibility index (Phi) is 7.17. The van der Waals surface area contributed by atoms with Gasteiger partial charge in [-0.05, 0) is 38.0 Å². The largest absolute Gasteiger partial charge is 0.452 e. The molecular formula is C21H24ClN3O5S. The predicted octanol–water partition coefficient (Wildman–Crippen LogP) is 2.06. The summed E-state index contributed by atoms with van der Waals surface area (Å²) in [5.41, 5.74) is 3.32. The van der Waals surface area contributed by atoms with E-state index in [1.165, 1.54) is 6.08 Å². The maximum Gasteiger partial charge on any atom is 0.331 e. The Bertz CT molecular complexity index is 1120. The van der Waals surface area contributed by atoms with Gasteiger partial charge in [0.1, 0.15) is 0 Å². The topological polar surface area (TPSA) is 107 Å². The molecule has 1 saturated heterocycles. The number of ether oxygens (including phenoxy) is 1. The van der Waals surface area contributed by atoms with Crippen molar-refractivity contribution in [3.63, 3.8) is 0 Å². The third kappa shape index (κ3) is 6.18. The highest BCUT2D eigenvalue weighted by molar-refractivity contribution is 7.91. The number of aromatic nitrogens is 2. The number of halogens is 1. The van der Waals surface area contributed by atoms with Crippen LogP contribution in [0.4, 0.5) is 0 Å². The second kappa shape index (κ2) is 9.65. The van der Waals surface area contributed by atoms with Crippen molar-refractivity contribution >= 4 is 39.4 Å². The molecule has 10 heteroatoms. The number of nitrogens with zero attached hydrogens (tertiary/aromatic N) is 2. The van der Waals surface area contributed by atoms with Gasteiger partial charge >= 0.3 is 5.97 Å². The van der Waals surface area contributed by atoms with Gasteiger partial charge in [-0.25, -0.2) is 13.2 Å². The van der Waals surface area contributed by atoms with E-state index >= 15 is 0 Å². The predicted molar refractivity (Wildman–Crippen MR) is 117 cm³/mol. The van der Waals surface area contributed by atoms with Crippen LogP contribution in [0.25, 0.3) is 6.08 Å². The minimum absolute atomic E-state index is 0.0589. The first kappa shape index (κ1) is 23.0.